The summed E-state index contributed by atoms with van der Waals surface area (Å²) in [4.78, 5) is 14.9. The predicted molar refractivity (Wildman–Crippen MR) is 113 cm³/mol. The molecule has 1 aromatic heterocycles. The van der Waals surface area contributed by atoms with E-state index in [0.717, 1.165) is 51.6 Å². The fraction of sp³-hybridized carbons (Fsp3) is 0.520. The number of aromatic nitrogens is 1. The van der Waals surface area contributed by atoms with Crippen LogP contribution < -0.4 is 4.74 Å². The van der Waals surface area contributed by atoms with Crippen LogP contribution in [0.1, 0.15) is 68.4 Å². The highest BCUT2D eigenvalue weighted by atomic mass is 19.1. The van der Waals surface area contributed by atoms with E-state index in [1.807, 2.05) is 0 Å². The quantitative estimate of drug-likeness (QED) is 0.503. The third kappa shape index (κ3) is 4.92. The second kappa shape index (κ2) is 9.12. The molecule has 0 aliphatic heterocycles. The molecule has 1 aromatic carbocycles. The van der Waals surface area contributed by atoms with Crippen LogP contribution >= 0.6 is 0 Å². The Labute approximate surface area is 185 Å². The van der Waals surface area contributed by atoms with E-state index in [4.69, 9.17) is 4.74 Å². The number of benzene rings is 1. The lowest BCUT2D eigenvalue weighted by atomic mass is 9.79. The van der Waals surface area contributed by atoms with Crippen LogP contribution in [0.3, 0.4) is 0 Å². The van der Waals surface area contributed by atoms with E-state index in [-0.39, 0.29) is 17.8 Å². The summed E-state index contributed by atoms with van der Waals surface area (Å²) in [5.41, 5.74) is -1.29. The van der Waals surface area contributed by atoms with Crippen molar-refractivity contribution in [3.05, 3.63) is 59.4 Å². The van der Waals surface area contributed by atoms with E-state index in [0.29, 0.717) is 23.5 Å². The number of carbonyl (C=O) groups is 1. The third-order valence-corrected chi connectivity index (χ3v) is 6.94. The van der Waals surface area contributed by atoms with Crippen LogP contribution in [0.4, 0.5) is 13.2 Å². The molecule has 0 amide bonds. The van der Waals surface area contributed by atoms with Gasteiger partial charge in [0.2, 0.25) is 11.6 Å². The molecule has 7 heteroatoms. The number of aliphatic carboxylic acids is 1. The summed E-state index contributed by atoms with van der Waals surface area (Å²) in [7, 11) is 0. The summed E-state index contributed by atoms with van der Waals surface area (Å²) in [6, 6.07) is 8.28. The van der Waals surface area contributed by atoms with Crippen LogP contribution in [0.15, 0.2) is 36.5 Å². The Morgan fingerprint density at radius 1 is 1.19 bits per heavy atom. The zero-order valence-corrected chi connectivity index (χ0v) is 18.1. The molecule has 4 nitrogen and oxygen atoms in total. The summed E-state index contributed by atoms with van der Waals surface area (Å²) in [5.74, 6) is -2.38. The maximum Gasteiger partial charge on any atom is 0.341 e. The minimum atomic E-state index is -2.33. The monoisotopic (exact) mass is 447 g/mol. The van der Waals surface area contributed by atoms with Gasteiger partial charge in [-0.1, -0.05) is 12.1 Å². The first-order valence-electron chi connectivity index (χ1n) is 11.2. The van der Waals surface area contributed by atoms with Gasteiger partial charge in [0, 0.05) is 5.92 Å². The van der Waals surface area contributed by atoms with Crippen LogP contribution in [0.2, 0.25) is 0 Å². The molecule has 2 aliphatic rings. The fourth-order valence-electron chi connectivity index (χ4n) is 4.98. The third-order valence-electron chi connectivity index (χ3n) is 6.94. The summed E-state index contributed by atoms with van der Waals surface area (Å²) in [6.45, 7) is 1.62. The van der Waals surface area contributed by atoms with Gasteiger partial charge in [-0.2, -0.15) is 4.39 Å². The highest BCUT2D eigenvalue weighted by molar-refractivity contribution is 5.78. The first-order chi connectivity index (χ1) is 15.3. The van der Waals surface area contributed by atoms with Crippen molar-refractivity contribution in [2.75, 3.05) is 6.61 Å². The van der Waals surface area contributed by atoms with Crippen molar-refractivity contribution < 1.29 is 27.8 Å². The summed E-state index contributed by atoms with van der Waals surface area (Å²) in [5, 5.41) is 9.37. The number of hydrogen-bond acceptors (Lipinski definition) is 3. The van der Waals surface area contributed by atoms with Gasteiger partial charge in [0.15, 0.2) is 0 Å². The molecule has 2 unspecified atom stereocenters. The smallest absolute Gasteiger partial charge is 0.341 e. The zero-order valence-electron chi connectivity index (χ0n) is 18.1. The first kappa shape index (κ1) is 22.6. The molecular weight excluding hydrogens is 419 g/mol. The maximum atomic E-state index is 15.0. The fourth-order valence-corrected chi connectivity index (χ4v) is 4.98. The molecule has 2 saturated carbocycles. The SMILES string of the molecule is CC(F)(C(=O)O)C(c1cccc(OCC2CCC(c3cc(F)ncc3F)CC2)c1)C1CC1. The average Bonchev–Trinajstić information content (AvgIpc) is 3.59. The Kier molecular flexibility index (Phi) is 6.45. The Balaban J connectivity index is 1.36. The van der Waals surface area contributed by atoms with Crippen molar-refractivity contribution in [3.8, 4) is 5.75 Å². The number of pyridine rings is 1. The molecule has 0 saturated heterocycles. The molecule has 1 N–H and O–H groups in total. The molecule has 0 spiro atoms. The van der Waals surface area contributed by atoms with Crippen LogP contribution in [-0.2, 0) is 4.79 Å². The van der Waals surface area contributed by atoms with Crippen molar-refractivity contribution in [2.24, 2.45) is 11.8 Å². The average molecular weight is 447 g/mol. The van der Waals surface area contributed by atoms with Crippen LogP contribution in [0, 0.1) is 23.6 Å². The van der Waals surface area contributed by atoms with E-state index in [9.17, 15) is 23.1 Å². The van der Waals surface area contributed by atoms with Crippen LogP contribution in [0.25, 0.3) is 0 Å². The molecule has 1 heterocycles. The molecule has 2 aromatic rings. The highest BCUT2D eigenvalue weighted by Gasteiger charge is 2.50. The summed E-state index contributed by atoms with van der Waals surface area (Å²) in [6.07, 6.45) is 5.75. The maximum absolute atomic E-state index is 15.0. The minimum Gasteiger partial charge on any atom is -0.493 e. The molecule has 2 aliphatic carbocycles. The standard InChI is InChI=1S/C25H28F3NO3/c1-25(28,24(30)31)23(17-9-10-17)18-3-2-4-19(11-18)32-14-15-5-7-16(8-6-15)20-12-22(27)29-13-21(20)26/h2-4,11-13,15-17,23H,5-10,14H2,1H3,(H,30,31). The van der Waals surface area contributed by atoms with Gasteiger partial charge in [-0.25, -0.2) is 18.6 Å². The van der Waals surface area contributed by atoms with Crippen LogP contribution in [-0.4, -0.2) is 28.3 Å². The van der Waals surface area contributed by atoms with E-state index in [1.54, 1.807) is 24.3 Å². The molecule has 4 rings (SSSR count). The Hall–Kier alpha value is -2.57. The Bertz CT molecular complexity index is 969. The molecule has 172 valence electrons. The lowest BCUT2D eigenvalue weighted by Gasteiger charge is -2.29. The Morgan fingerprint density at radius 3 is 2.56 bits per heavy atom. The number of halogens is 3. The second-order valence-corrected chi connectivity index (χ2v) is 9.33. The number of carboxylic acids is 1. The van der Waals surface area contributed by atoms with Crippen molar-refractivity contribution in [1.29, 1.82) is 0 Å². The van der Waals surface area contributed by atoms with Gasteiger partial charge in [0.05, 0.1) is 12.8 Å². The number of carboxylic acid groups (broad SMARTS) is 1. The van der Waals surface area contributed by atoms with Gasteiger partial charge in [-0.3, -0.25) is 0 Å². The molecule has 32 heavy (non-hydrogen) atoms. The molecular formula is C25H28F3NO3. The molecule has 2 fully saturated rings. The number of hydrogen-bond donors (Lipinski definition) is 1. The number of nitrogens with zero attached hydrogens (tertiary/aromatic N) is 1. The second-order valence-electron chi connectivity index (χ2n) is 9.33. The Morgan fingerprint density at radius 2 is 1.91 bits per heavy atom. The van der Waals surface area contributed by atoms with Crippen molar-refractivity contribution in [2.45, 2.75) is 63.0 Å². The van der Waals surface area contributed by atoms with Crippen molar-refractivity contribution >= 4 is 5.97 Å². The van der Waals surface area contributed by atoms with Crippen molar-refractivity contribution in [3.63, 3.8) is 0 Å². The van der Waals surface area contributed by atoms with E-state index < -0.39 is 29.3 Å². The number of ether oxygens (including phenoxy) is 1. The van der Waals surface area contributed by atoms with E-state index in [2.05, 4.69) is 4.98 Å². The van der Waals surface area contributed by atoms with Gasteiger partial charge in [0.25, 0.3) is 0 Å². The van der Waals surface area contributed by atoms with Gasteiger partial charge in [-0.15, -0.1) is 0 Å². The van der Waals surface area contributed by atoms with Crippen molar-refractivity contribution in [1.82, 2.24) is 4.98 Å². The van der Waals surface area contributed by atoms with Gasteiger partial charge in [0.1, 0.15) is 11.6 Å². The largest absolute Gasteiger partial charge is 0.493 e. The molecule has 2 atom stereocenters. The first-order valence-corrected chi connectivity index (χ1v) is 11.2. The lowest BCUT2D eigenvalue weighted by molar-refractivity contribution is -0.151. The summed E-state index contributed by atoms with van der Waals surface area (Å²) >= 11 is 0. The highest BCUT2D eigenvalue weighted by Crippen LogP contribution is 2.50. The normalized spacial score (nSPS) is 23.9. The molecule has 0 bridgehead atoms. The minimum absolute atomic E-state index is 0.0235. The lowest BCUT2D eigenvalue weighted by Crippen LogP contribution is -2.38. The zero-order chi connectivity index (χ0) is 22.9. The van der Waals surface area contributed by atoms with E-state index >= 15 is 0 Å². The number of rotatable bonds is 8. The topological polar surface area (TPSA) is 59.4 Å². The van der Waals surface area contributed by atoms with Gasteiger partial charge < -0.3 is 9.84 Å². The number of alkyl halides is 1. The molecule has 0 radical (unpaired) electrons. The predicted octanol–water partition coefficient (Wildman–Crippen LogP) is 6.02. The van der Waals surface area contributed by atoms with Gasteiger partial charge >= 0.3 is 5.97 Å². The summed E-state index contributed by atoms with van der Waals surface area (Å²) < 4.78 is 48.4. The van der Waals surface area contributed by atoms with E-state index in [1.165, 1.54) is 6.07 Å². The van der Waals surface area contributed by atoms with Crippen LogP contribution in [0.5, 0.6) is 5.75 Å². The van der Waals surface area contributed by atoms with Gasteiger partial charge in [-0.05, 0) is 92.5 Å².